The quantitative estimate of drug-likeness (QED) is 0.828. The Bertz CT molecular complexity index is 833. The summed E-state index contributed by atoms with van der Waals surface area (Å²) < 4.78 is 50.8. The van der Waals surface area contributed by atoms with Crippen LogP contribution in [0.4, 0.5) is 8.78 Å². The molecule has 0 aromatic heterocycles. The summed E-state index contributed by atoms with van der Waals surface area (Å²) in [6.45, 7) is 1.57. The van der Waals surface area contributed by atoms with E-state index in [0.717, 1.165) is 0 Å². The van der Waals surface area contributed by atoms with Crippen LogP contribution < -0.4 is 0 Å². The van der Waals surface area contributed by atoms with Crippen LogP contribution in [0, 0.1) is 0 Å². The molecule has 0 saturated heterocycles. The molecule has 1 aliphatic rings. The first-order valence-electron chi connectivity index (χ1n) is 7.35. The van der Waals surface area contributed by atoms with Crippen LogP contribution in [0.5, 0.6) is 0 Å². The van der Waals surface area contributed by atoms with E-state index >= 15 is 0 Å². The lowest BCUT2D eigenvalue weighted by Gasteiger charge is -2.20. The fraction of sp³-hybridized carbons (Fsp3) is 0.375. The van der Waals surface area contributed by atoms with Crippen molar-refractivity contribution in [3.05, 3.63) is 41.5 Å². The van der Waals surface area contributed by atoms with Gasteiger partial charge in [-0.15, -0.1) is 0 Å². The van der Waals surface area contributed by atoms with Gasteiger partial charge in [-0.2, -0.15) is 0 Å². The summed E-state index contributed by atoms with van der Waals surface area (Å²) in [5.41, 5.74) is 1.38. The van der Waals surface area contributed by atoms with Gasteiger partial charge in [-0.05, 0) is 12.5 Å². The number of carboxylic acids is 1. The zero-order valence-electron chi connectivity index (χ0n) is 13.6. The molecule has 1 heterocycles. The second kappa shape index (κ2) is 6.91. The first kappa shape index (κ1) is 19.0. The highest BCUT2D eigenvalue weighted by molar-refractivity contribution is 7.92. The number of halogens is 2. The molecule has 1 aromatic rings. The van der Waals surface area contributed by atoms with Crippen LogP contribution in [0.15, 0.2) is 35.5 Å². The fourth-order valence-corrected chi connectivity index (χ4v) is 3.19. The van der Waals surface area contributed by atoms with Crippen LogP contribution in [-0.4, -0.2) is 42.6 Å². The first-order valence-corrected chi connectivity index (χ1v) is 9.25. The molecule has 2 rings (SSSR count). The minimum atomic E-state index is -4.50. The summed E-state index contributed by atoms with van der Waals surface area (Å²) in [7, 11) is -4.50. The third kappa shape index (κ3) is 3.87. The molecule has 0 unspecified atom stereocenters. The maximum atomic E-state index is 14.4. The third-order valence-corrected chi connectivity index (χ3v) is 5.39. The standard InChI is InChI=1S/C16H17F2NO5S/c1-3-13(17)10-4-6-11(7-5-10)14-8-12(24-19-14)9-16(18,15(20)21)25(2,22)23/h3-7,12H,8-9H2,1-2H3,(H,20,21)/b13-3-/t12-,16-/m1/s1. The number of aliphatic carboxylic acids is 1. The van der Waals surface area contributed by atoms with Gasteiger partial charge in [-0.3, -0.25) is 0 Å². The summed E-state index contributed by atoms with van der Waals surface area (Å²) >= 11 is 0. The molecule has 2 atom stereocenters. The van der Waals surface area contributed by atoms with Gasteiger partial charge in [0.15, 0.2) is 9.84 Å². The van der Waals surface area contributed by atoms with E-state index in [0.29, 0.717) is 23.1 Å². The van der Waals surface area contributed by atoms with Gasteiger partial charge in [-0.1, -0.05) is 35.5 Å². The molecule has 1 N–H and O–H groups in total. The highest BCUT2D eigenvalue weighted by Crippen LogP contribution is 2.31. The van der Waals surface area contributed by atoms with Crippen LogP contribution in [0.2, 0.25) is 0 Å². The molecule has 25 heavy (non-hydrogen) atoms. The summed E-state index contributed by atoms with van der Waals surface area (Å²) in [4.78, 5) is 16.0. The van der Waals surface area contributed by atoms with Crippen LogP contribution in [-0.2, 0) is 19.5 Å². The van der Waals surface area contributed by atoms with Gasteiger partial charge in [-0.25, -0.2) is 22.0 Å². The molecule has 0 saturated carbocycles. The van der Waals surface area contributed by atoms with Gasteiger partial charge in [0.2, 0.25) is 0 Å². The van der Waals surface area contributed by atoms with Gasteiger partial charge < -0.3 is 9.94 Å². The molecule has 1 aromatic carbocycles. The molecular formula is C16H17F2NO5S. The van der Waals surface area contributed by atoms with Crippen LogP contribution in [0.25, 0.3) is 5.83 Å². The van der Waals surface area contributed by atoms with E-state index in [4.69, 9.17) is 9.94 Å². The zero-order chi connectivity index (χ0) is 18.8. The Morgan fingerprint density at radius 3 is 2.52 bits per heavy atom. The first-order chi connectivity index (χ1) is 11.6. The number of alkyl halides is 1. The Morgan fingerprint density at radius 1 is 1.44 bits per heavy atom. The fourth-order valence-electron chi connectivity index (χ4n) is 2.39. The molecule has 136 valence electrons. The third-order valence-electron chi connectivity index (χ3n) is 3.88. The number of allylic oxidation sites excluding steroid dienone is 1. The van der Waals surface area contributed by atoms with Crippen LogP contribution in [0.1, 0.15) is 30.9 Å². The molecule has 1 aliphatic heterocycles. The Kier molecular flexibility index (Phi) is 5.26. The average Bonchev–Trinajstić information content (AvgIpc) is 3.01. The zero-order valence-corrected chi connectivity index (χ0v) is 14.4. The van der Waals surface area contributed by atoms with E-state index in [1.165, 1.54) is 18.2 Å². The summed E-state index contributed by atoms with van der Waals surface area (Å²) in [6, 6.07) is 6.26. The van der Waals surface area contributed by atoms with E-state index in [1.54, 1.807) is 19.1 Å². The van der Waals surface area contributed by atoms with Gasteiger partial charge in [0.1, 0.15) is 11.9 Å². The maximum Gasteiger partial charge on any atom is 0.357 e. The molecule has 0 fully saturated rings. The van der Waals surface area contributed by atoms with Gasteiger partial charge in [0.05, 0.1) is 5.71 Å². The molecule has 0 spiro atoms. The second-order valence-corrected chi connectivity index (χ2v) is 7.88. The van der Waals surface area contributed by atoms with E-state index in [1.807, 2.05) is 0 Å². The number of hydrogen-bond donors (Lipinski definition) is 1. The van der Waals surface area contributed by atoms with E-state index in [9.17, 15) is 22.0 Å². The SMILES string of the molecule is C/C=C(\F)c1ccc(C2=NO[C@@H](C[C@](F)(C(=O)O)S(C)(=O)=O)C2)cc1. The number of hydrogen-bond acceptors (Lipinski definition) is 5. The highest BCUT2D eigenvalue weighted by Gasteiger charge is 2.52. The molecule has 0 amide bonds. The Morgan fingerprint density at radius 2 is 2.04 bits per heavy atom. The van der Waals surface area contributed by atoms with Gasteiger partial charge in [0.25, 0.3) is 0 Å². The minimum Gasteiger partial charge on any atom is -0.478 e. The highest BCUT2D eigenvalue weighted by atomic mass is 32.2. The van der Waals surface area contributed by atoms with Crippen molar-refractivity contribution in [2.45, 2.75) is 30.9 Å². The summed E-state index contributed by atoms with van der Waals surface area (Å²) in [6.07, 6.45) is -0.0250. The van der Waals surface area contributed by atoms with Crippen molar-refractivity contribution >= 4 is 27.3 Å². The van der Waals surface area contributed by atoms with Gasteiger partial charge >= 0.3 is 11.0 Å². The van der Waals surface area contributed by atoms with Crippen molar-refractivity contribution in [3.63, 3.8) is 0 Å². The number of nitrogens with zero attached hydrogens (tertiary/aromatic N) is 1. The predicted octanol–water partition coefficient (Wildman–Crippen LogP) is 2.70. The van der Waals surface area contributed by atoms with E-state index < -0.39 is 33.3 Å². The summed E-state index contributed by atoms with van der Waals surface area (Å²) in [5.74, 6) is -2.47. The topological polar surface area (TPSA) is 93.0 Å². The smallest absolute Gasteiger partial charge is 0.357 e. The van der Waals surface area contributed by atoms with Crippen LogP contribution >= 0.6 is 0 Å². The van der Waals surface area contributed by atoms with E-state index in [-0.39, 0.29) is 12.2 Å². The largest absolute Gasteiger partial charge is 0.478 e. The number of sulfone groups is 1. The lowest BCUT2D eigenvalue weighted by atomic mass is 10.0. The van der Waals surface area contributed by atoms with Crippen molar-refractivity contribution in [2.24, 2.45) is 5.16 Å². The predicted molar refractivity (Wildman–Crippen MR) is 88.2 cm³/mol. The average molecular weight is 373 g/mol. The Labute approximate surface area is 143 Å². The lowest BCUT2D eigenvalue weighted by Crippen LogP contribution is -2.44. The summed E-state index contributed by atoms with van der Waals surface area (Å²) in [5, 5.41) is 9.25. The molecule has 0 bridgehead atoms. The van der Waals surface area contributed by atoms with Crippen molar-refractivity contribution in [1.82, 2.24) is 0 Å². The van der Waals surface area contributed by atoms with Crippen molar-refractivity contribution < 1.29 is 31.9 Å². The van der Waals surface area contributed by atoms with Crippen molar-refractivity contribution in [1.29, 1.82) is 0 Å². The molecule has 9 heteroatoms. The lowest BCUT2D eigenvalue weighted by molar-refractivity contribution is -0.147. The number of carbonyl (C=O) groups is 1. The number of carboxylic acid groups (broad SMARTS) is 1. The Balaban J connectivity index is 2.12. The van der Waals surface area contributed by atoms with Crippen molar-refractivity contribution in [3.8, 4) is 0 Å². The molecule has 6 nitrogen and oxygen atoms in total. The Hall–Kier alpha value is -2.29. The molecular weight excluding hydrogens is 356 g/mol. The maximum absolute atomic E-state index is 14.4. The number of oxime groups is 1. The normalized spacial score (nSPS) is 20.6. The van der Waals surface area contributed by atoms with Crippen LogP contribution in [0.3, 0.4) is 0 Å². The minimum absolute atomic E-state index is 0.0416. The van der Waals surface area contributed by atoms with Crippen molar-refractivity contribution in [2.75, 3.05) is 6.26 Å². The monoisotopic (exact) mass is 373 g/mol. The van der Waals surface area contributed by atoms with Gasteiger partial charge in [0, 0.05) is 24.7 Å². The second-order valence-electron chi connectivity index (χ2n) is 5.69. The molecule has 0 aliphatic carbocycles. The van der Waals surface area contributed by atoms with E-state index in [2.05, 4.69) is 5.16 Å². The number of rotatable bonds is 6. The number of benzene rings is 1. The molecule has 0 radical (unpaired) electrons.